The van der Waals surface area contributed by atoms with Crippen molar-refractivity contribution in [3.05, 3.63) is 40.8 Å². The summed E-state index contributed by atoms with van der Waals surface area (Å²) in [5, 5.41) is 11.2. The summed E-state index contributed by atoms with van der Waals surface area (Å²) in [5.74, 6) is 1.05. The van der Waals surface area contributed by atoms with E-state index >= 15 is 0 Å². The average molecular weight is 312 g/mol. The zero-order valence-electron chi connectivity index (χ0n) is 11.6. The van der Waals surface area contributed by atoms with Crippen molar-refractivity contribution in [2.24, 2.45) is 4.99 Å². The summed E-state index contributed by atoms with van der Waals surface area (Å²) in [5.41, 5.74) is 1.85. The first kappa shape index (κ1) is 15.2. The molecule has 1 aliphatic rings. The Bertz CT molecular complexity index is 575. The molecule has 2 heterocycles. The number of rotatable bonds is 3. The van der Waals surface area contributed by atoms with Crippen molar-refractivity contribution < 1.29 is 5.11 Å². The van der Waals surface area contributed by atoms with E-state index in [-0.39, 0.29) is 0 Å². The Morgan fingerprint density at radius 2 is 2.30 bits per heavy atom. The van der Waals surface area contributed by atoms with Gasteiger partial charge in [-0.05, 0) is 32.8 Å². The predicted octanol–water partition coefficient (Wildman–Crippen LogP) is 4.33. The van der Waals surface area contributed by atoms with E-state index in [4.69, 9.17) is 11.6 Å². The minimum Gasteiger partial charge on any atom is -0.508 e. The number of aliphatic imine (C=N–C) groups is 1. The van der Waals surface area contributed by atoms with Gasteiger partial charge in [0.2, 0.25) is 0 Å². The zero-order chi connectivity index (χ0) is 14.5. The molecule has 1 aromatic heterocycles. The van der Waals surface area contributed by atoms with Crippen LogP contribution in [0.15, 0.2) is 34.9 Å². The molecule has 0 bridgehead atoms. The number of aromatic nitrogens is 2. The van der Waals surface area contributed by atoms with Gasteiger partial charge in [-0.25, -0.2) is 4.98 Å². The van der Waals surface area contributed by atoms with Crippen molar-refractivity contribution in [3.63, 3.8) is 0 Å². The first-order valence-corrected chi connectivity index (χ1v) is 7.93. The van der Waals surface area contributed by atoms with Crippen LogP contribution in [-0.4, -0.2) is 19.7 Å². The molecule has 0 radical (unpaired) electrons. The van der Waals surface area contributed by atoms with Crippen LogP contribution in [0.4, 0.5) is 0 Å². The lowest BCUT2D eigenvalue weighted by molar-refractivity contribution is 0.428. The largest absolute Gasteiger partial charge is 0.508 e. The fourth-order valence-corrected chi connectivity index (χ4v) is 3.33. The number of hydrogen-bond donors (Lipinski definition) is 1. The van der Waals surface area contributed by atoms with Gasteiger partial charge in [-0.3, -0.25) is 4.99 Å². The van der Waals surface area contributed by atoms with Gasteiger partial charge in [0.25, 0.3) is 0 Å². The summed E-state index contributed by atoms with van der Waals surface area (Å²) in [6.45, 7) is 4.82. The number of imidazole rings is 1. The van der Waals surface area contributed by atoms with Crippen molar-refractivity contribution in [1.29, 1.82) is 0 Å². The SMILES string of the molecule is CCn1cnc(Cl)c1CS/C1=N/C(C)=C\C(O)=C/CC1. The molecule has 0 fully saturated rings. The van der Waals surface area contributed by atoms with Crippen molar-refractivity contribution in [1.82, 2.24) is 9.55 Å². The van der Waals surface area contributed by atoms with Gasteiger partial charge in [0.1, 0.15) is 5.76 Å². The molecule has 0 spiro atoms. The second-order valence-corrected chi connectivity index (χ2v) is 5.92. The lowest BCUT2D eigenvalue weighted by Gasteiger charge is -2.09. The second kappa shape index (κ2) is 6.99. The predicted molar refractivity (Wildman–Crippen MR) is 85.3 cm³/mol. The van der Waals surface area contributed by atoms with Crippen LogP contribution in [0.1, 0.15) is 32.4 Å². The highest BCUT2D eigenvalue weighted by Crippen LogP contribution is 2.24. The van der Waals surface area contributed by atoms with Gasteiger partial charge in [0.15, 0.2) is 5.15 Å². The summed E-state index contributed by atoms with van der Waals surface area (Å²) in [4.78, 5) is 8.67. The molecule has 0 unspecified atom stereocenters. The number of aliphatic hydroxyl groups is 1. The summed E-state index contributed by atoms with van der Waals surface area (Å²) in [7, 11) is 0. The Kier molecular flexibility index (Phi) is 5.31. The van der Waals surface area contributed by atoms with Crippen molar-refractivity contribution in [2.75, 3.05) is 0 Å². The number of allylic oxidation sites excluding steroid dienone is 3. The molecule has 0 aromatic carbocycles. The third kappa shape index (κ3) is 3.90. The van der Waals surface area contributed by atoms with E-state index in [9.17, 15) is 5.11 Å². The van der Waals surface area contributed by atoms with Gasteiger partial charge < -0.3 is 9.67 Å². The van der Waals surface area contributed by atoms with Gasteiger partial charge >= 0.3 is 0 Å². The topological polar surface area (TPSA) is 50.4 Å². The van der Waals surface area contributed by atoms with Gasteiger partial charge in [-0.2, -0.15) is 0 Å². The molecule has 1 N–H and O–H groups in total. The van der Waals surface area contributed by atoms with Gasteiger partial charge in [0, 0.05) is 24.1 Å². The molecule has 1 aliphatic heterocycles. The van der Waals surface area contributed by atoms with E-state index in [0.29, 0.717) is 10.9 Å². The fourth-order valence-electron chi connectivity index (χ4n) is 1.96. The second-order valence-electron chi connectivity index (χ2n) is 4.52. The van der Waals surface area contributed by atoms with E-state index in [1.807, 2.05) is 17.6 Å². The Morgan fingerprint density at radius 1 is 1.50 bits per heavy atom. The summed E-state index contributed by atoms with van der Waals surface area (Å²) in [6, 6.07) is 0. The Morgan fingerprint density at radius 3 is 3.05 bits per heavy atom. The summed E-state index contributed by atoms with van der Waals surface area (Å²) >= 11 is 7.79. The molecule has 108 valence electrons. The monoisotopic (exact) mass is 311 g/mol. The standard InChI is InChI=1S/C14H18ClN3OS/c1-3-18-9-16-14(15)12(18)8-20-13-6-4-5-11(19)7-10(2)17-13/h5,7,9,19H,3-4,6,8H2,1-2H3/b10-7-,11-5+,17-13+. The molecule has 0 atom stereocenters. The van der Waals surface area contributed by atoms with Gasteiger partial charge in [0.05, 0.1) is 17.1 Å². The summed E-state index contributed by atoms with van der Waals surface area (Å²) < 4.78 is 2.05. The van der Waals surface area contributed by atoms with E-state index in [1.54, 1.807) is 24.2 Å². The van der Waals surface area contributed by atoms with E-state index < -0.39 is 0 Å². The van der Waals surface area contributed by atoms with Crippen LogP contribution in [-0.2, 0) is 12.3 Å². The molecule has 0 saturated heterocycles. The molecular formula is C14H18ClN3OS. The maximum atomic E-state index is 9.54. The average Bonchev–Trinajstić information content (AvgIpc) is 2.74. The number of halogens is 1. The highest BCUT2D eigenvalue weighted by Gasteiger charge is 2.11. The highest BCUT2D eigenvalue weighted by atomic mass is 35.5. The van der Waals surface area contributed by atoms with Crippen LogP contribution in [0.5, 0.6) is 0 Å². The number of aliphatic hydroxyl groups excluding tert-OH is 1. The third-order valence-electron chi connectivity index (χ3n) is 2.98. The number of nitrogens with zero attached hydrogens (tertiary/aromatic N) is 3. The van der Waals surface area contributed by atoms with Gasteiger partial charge in [-0.1, -0.05) is 11.6 Å². The normalized spacial score (nSPS) is 23.9. The third-order valence-corrected chi connectivity index (χ3v) is 4.34. The fraction of sp³-hybridized carbons (Fsp3) is 0.429. The van der Waals surface area contributed by atoms with Crippen LogP contribution in [0.3, 0.4) is 0 Å². The Balaban J connectivity index is 2.07. The quantitative estimate of drug-likeness (QED) is 0.904. The van der Waals surface area contributed by atoms with E-state index in [0.717, 1.165) is 41.6 Å². The molecule has 0 amide bonds. The van der Waals surface area contributed by atoms with Crippen LogP contribution >= 0.6 is 23.4 Å². The maximum Gasteiger partial charge on any atom is 0.151 e. The van der Waals surface area contributed by atoms with E-state index in [2.05, 4.69) is 16.9 Å². The molecule has 0 saturated carbocycles. The van der Waals surface area contributed by atoms with Crippen LogP contribution in [0.25, 0.3) is 0 Å². The van der Waals surface area contributed by atoms with E-state index in [1.165, 1.54) is 0 Å². The molecule has 1 aromatic rings. The number of aryl methyl sites for hydroxylation is 1. The zero-order valence-corrected chi connectivity index (χ0v) is 13.2. The Labute approximate surface area is 128 Å². The first-order chi connectivity index (χ1) is 9.60. The van der Waals surface area contributed by atoms with Crippen LogP contribution < -0.4 is 0 Å². The van der Waals surface area contributed by atoms with Crippen LogP contribution in [0.2, 0.25) is 5.15 Å². The lowest BCUT2D eigenvalue weighted by Crippen LogP contribution is -2.01. The molecule has 20 heavy (non-hydrogen) atoms. The lowest BCUT2D eigenvalue weighted by atomic mass is 10.2. The molecule has 4 nitrogen and oxygen atoms in total. The molecule has 2 rings (SSSR count). The summed E-state index contributed by atoms with van der Waals surface area (Å²) in [6.07, 6.45) is 6.90. The Hall–Kier alpha value is -1.20. The van der Waals surface area contributed by atoms with Crippen LogP contribution in [0, 0.1) is 0 Å². The van der Waals surface area contributed by atoms with Crippen molar-refractivity contribution >= 4 is 28.4 Å². The first-order valence-electron chi connectivity index (χ1n) is 6.57. The number of thioether (sulfide) groups is 1. The van der Waals surface area contributed by atoms with Gasteiger partial charge in [-0.15, -0.1) is 11.8 Å². The molecular weight excluding hydrogens is 294 g/mol. The molecule has 6 heteroatoms. The smallest absolute Gasteiger partial charge is 0.151 e. The minimum absolute atomic E-state index is 0.294. The van der Waals surface area contributed by atoms with Crippen molar-refractivity contribution in [3.8, 4) is 0 Å². The highest BCUT2D eigenvalue weighted by molar-refractivity contribution is 8.13. The molecule has 0 aliphatic carbocycles. The minimum atomic E-state index is 0.294. The number of hydrogen-bond acceptors (Lipinski definition) is 4. The van der Waals surface area contributed by atoms with Crippen molar-refractivity contribution in [2.45, 2.75) is 39.0 Å². The maximum absolute atomic E-state index is 9.54.